The van der Waals surface area contributed by atoms with Gasteiger partial charge in [0.05, 0.1) is 0 Å². The monoisotopic (exact) mass is 214 g/mol. The van der Waals surface area contributed by atoms with Gasteiger partial charge in [0.15, 0.2) is 6.61 Å². The Morgan fingerprint density at radius 1 is 1.43 bits per heavy atom. The van der Waals surface area contributed by atoms with Crippen LogP contribution in [-0.4, -0.2) is 28.1 Å². The maximum Gasteiger partial charge on any atom is 0.341 e. The highest BCUT2D eigenvalue weighted by Gasteiger charge is 2.00. The van der Waals surface area contributed by atoms with Crippen LogP contribution in [0.5, 0.6) is 5.75 Å². The Morgan fingerprint density at radius 3 is 2.43 bits per heavy atom. The predicted octanol–water partition coefficient (Wildman–Crippen LogP) is 0.887. The highest BCUT2D eigenvalue weighted by Crippen LogP contribution is 2.13. The number of ether oxygens (including phenoxy) is 1. The first-order valence-corrected chi connectivity index (χ1v) is 5.43. The van der Waals surface area contributed by atoms with Crippen LogP contribution in [0.2, 0.25) is 0 Å². The summed E-state index contributed by atoms with van der Waals surface area (Å²) in [7, 11) is -1.02. The molecule has 0 bridgehead atoms. The highest BCUT2D eigenvalue weighted by molar-refractivity contribution is 7.84. The quantitative estimate of drug-likeness (QED) is 0.808. The molecule has 14 heavy (non-hydrogen) atoms. The number of hydrogen-bond donors (Lipinski definition) is 1. The second kappa shape index (κ2) is 4.76. The van der Waals surface area contributed by atoms with Crippen LogP contribution >= 0.6 is 0 Å². The van der Waals surface area contributed by atoms with Crippen LogP contribution in [0.25, 0.3) is 0 Å². The summed E-state index contributed by atoms with van der Waals surface area (Å²) in [5.41, 5.74) is 0. The van der Waals surface area contributed by atoms with Crippen molar-refractivity contribution in [3.63, 3.8) is 0 Å². The molecule has 0 saturated carbocycles. The Morgan fingerprint density at radius 2 is 2.00 bits per heavy atom. The second-order valence-electron chi connectivity index (χ2n) is 2.61. The van der Waals surface area contributed by atoms with Crippen LogP contribution in [0.1, 0.15) is 0 Å². The minimum Gasteiger partial charge on any atom is -0.482 e. The van der Waals surface area contributed by atoms with Gasteiger partial charge in [-0.1, -0.05) is 0 Å². The number of benzene rings is 1. The summed E-state index contributed by atoms with van der Waals surface area (Å²) in [5.74, 6) is -0.560. The minimum absolute atomic E-state index is 0.367. The van der Waals surface area contributed by atoms with E-state index >= 15 is 0 Å². The van der Waals surface area contributed by atoms with Gasteiger partial charge in [0, 0.05) is 22.0 Å². The van der Waals surface area contributed by atoms with Crippen LogP contribution in [0, 0.1) is 0 Å². The van der Waals surface area contributed by atoms with Gasteiger partial charge in [-0.05, 0) is 24.3 Å². The van der Waals surface area contributed by atoms with E-state index in [1.165, 1.54) is 0 Å². The Bertz CT molecular complexity index is 344. The average Bonchev–Trinajstić information content (AvgIpc) is 2.15. The lowest BCUT2D eigenvalue weighted by molar-refractivity contribution is -0.139. The zero-order valence-corrected chi connectivity index (χ0v) is 8.41. The predicted molar refractivity (Wildman–Crippen MR) is 51.9 cm³/mol. The molecular formula is C9H10O4S. The maximum absolute atomic E-state index is 11.0. The fourth-order valence-corrected chi connectivity index (χ4v) is 1.39. The smallest absolute Gasteiger partial charge is 0.341 e. The van der Waals surface area contributed by atoms with Crippen LogP contribution in [0.15, 0.2) is 29.2 Å². The van der Waals surface area contributed by atoms with Crippen LogP contribution in [0.3, 0.4) is 0 Å². The largest absolute Gasteiger partial charge is 0.482 e. The minimum atomic E-state index is -1.02. The van der Waals surface area contributed by atoms with Crippen molar-refractivity contribution in [2.24, 2.45) is 0 Å². The Labute approximate surface area is 84.0 Å². The lowest BCUT2D eigenvalue weighted by Crippen LogP contribution is -2.09. The average molecular weight is 214 g/mol. The van der Waals surface area contributed by atoms with E-state index in [1.807, 2.05) is 0 Å². The van der Waals surface area contributed by atoms with E-state index in [9.17, 15) is 9.00 Å². The lowest BCUT2D eigenvalue weighted by Gasteiger charge is -2.03. The Balaban J connectivity index is 2.64. The normalized spacial score (nSPS) is 12.1. The highest BCUT2D eigenvalue weighted by atomic mass is 32.2. The number of hydrogen-bond acceptors (Lipinski definition) is 3. The molecule has 1 N–H and O–H groups in total. The molecule has 0 spiro atoms. The van der Waals surface area contributed by atoms with Gasteiger partial charge in [-0.25, -0.2) is 4.79 Å². The molecule has 0 fully saturated rings. The van der Waals surface area contributed by atoms with Gasteiger partial charge in [0.1, 0.15) is 5.75 Å². The Kier molecular flexibility index (Phi) is 3.64. The molecule has 1 atom stereocenters. The molecule has 1 aromatic rings. The van der Waals surface area contributed by atoms with Gasteiger partial charge in [-0.15, -0.1) is 0 Å². The molecule has 1 aromatic carbocycles. The van der Waals surface area contributed by atoms with Crippen molar-refractivity contribution < 1.29 is 18.8 Å². The topological polar surface area (TPSA) is 63.6 Å². The molecular weight excluding hydrogens is 204 g/mol. The summed E-state index contributed by atoms with van der Waals surface area (Å²) in [6, 6.07) is 6.49. The third-order valence-corrected chi connectivity index (χ3v) is 2.45. The molecule has 1 unspecified atom stereocenters. The molecule has 0 aromatic heterocycles. The third kappa shape index (κ3) is 3.18. The third-order valence-electron chi connectivity index (χ3n) is 1.52. The summed E-state index contributed by atoms with van der Waals surface area (Å²) in [5, 5.41) is 8.34. The van der Waals surface area contributed by atoms with Gasteiger partial charge in [-0.3, -0.25) is 4.21 Å². The molecule has 0 aliphatic carbocycles. The first-order valence-electron chi connectivity index (χ1n) is 3.87. The van der Waals surface area contributed by atoms with Crippen molar-refractivity contribution in [2.75, 3.05) is 12.9 Å². The summed E-state index contributed by atoms with van der Waals surface area (Å²) in [6.07, 6.45) is 1.58. The number of carbonyl (C=O) groups is 1. The van der Waals surface area contributed by atoms with Gasteiger partial charge in [0.25, 0.3) is 0 Å². The molecule has 0 saturated heterocycles. The Hall–Kier alpha value is -1.36. The summed E-state index contributed by atoms with van der Waals surface area (Å²) < 4.78 is 15.9. The fraction of sp³-hybridized carbons (Fsp3) is 0.222. The fourth-order valence-electron chi connectivity index (χ4n) is 0.873. The van der Waals surface area contributed by atoms with Crippen molar-refractivity contribution in [2.45, 2.75) is 4.90 Å². The van der Waals surface area contributed by atoms with Crippen molar-refractivity contribution in [3.05, 3.63) is 24.3 Å². The molecule has 4 nitrogen and oxygen atoms in total. The number of carboxylic acid groups (broad SMARTS) is 1. The number of carboxylic acids is 1. The van der Waals surface area contributed by atoms with Crippen LogP contribution < -0.4 is 4.74 Å². The van der Waals surface area contributed by atoms with Gasteiger partial charge in [0.2, 0.25) is 0 Å². The van der Waals surface area contributed by atoms with E-state index in [1.54, 1.807) is 30.5 Å². The molecule has 0 radical (unpaired) electrons. The zero-order chi connectivity index (χ0) is 10.6. The van der Waals surface area contributed by atoms with E-state index in [0.29, 0.717) is 10.6 Å². The molecule has 0 heterocycles. The van der Waals surface area contributed by atoms with Crippen LogP contribution in [-0.2, 0) is 15.6 Å². The van der Waals surface area contributed by atoms with Gasteiger partial charge < -0.3 is 9.84 Å². The van der Waals surface area contributed by atoms with E-state index in [2.05, 4.69) is 0 Å². The SMILES string of the molecule is CS(=O)c1ccc(OCC(=O)O)cc1. The molecule has 1 rings (SSSR count). The summed E-state index contributed by atoms with van der Waals surface area (Å²) in [4.78, 5) is 10.9. The number of aliphatic carboxylic acids is 1. The standard InChI is InChI=1S/C9H10O4S/c1-14(12)8-4-2-7(3-5-8)13-6-9(10)11/h2-5H,6H2,1H3,(H,10,11). The van der Waals surface area contributed by atoms with Gasteiger partial charge >= 0.3 is 5.97 Å². The molecule has 0 amide bonds. The zero-order valence-electron chi connectivity index (χ0n) is 7.60. The molecule has 76 valence electrons. The van der Waals surface area contributed by atoms with Crippen LogP contribution in [0.4, 0.5) is 0 Å². The van der Waals surface area contributed by atoms with Gasteiger partial charge in [-0.2, -0.15) is 0 Å². The summed E-state index contributed by atoms with van der Waals surface area (Å²) in [6.45, 7) is -0.367. The van der Waals surface area contributed by atoms with E-state index < -0.39 is 16.8 Å². The lowest BCUT2D eigenvalue weighted by atomic mass is 10.3. The van der Waals surface area contributed by atoms with E-state index in [-0.39, 0.29) is 6.61 Å². The number of rotatable bonds is 4. The maximum atomic E-state index is 11.0. The van der Waals surface area contributed by atoms with Crippen molar-refractivity contribution in [1.29, 1.82) is 0 Å². The first kappa shape index (κ1) is 10.7. The summed E-state index contributed by atoms with van der Waals surface area (Å²) >= 11 is 0. The van der Waals surface area contributed by atoms with E-state index in [0.717, 1.165) is 0 Å². The molecule has 5 heteroatoms. The van der Waals surface area contributed by atoms with Crippen molar-refractivity contribution in [1.82, 2.24) is 0 Å². The first-order chi connectivity index (χ1) is 6.59. The molecule has 0 aliphatic rings. The second-order valence-corrected chi connectivity index (χ2v) is 3.99. The molecule has 0 aliphatic heterocycles. The van der Waals surface area contributed by atoms with Crippen molar-refractivity contribution in [3.8, 4) is 5.75 Å². The van der Waals surface area contributed by atoms with Crippen molar-refractivity contribution >= 4 is 16.8 Å². The van der Waals surface area contributed by atoms with E-state index in [4.69, 9.17) is 9.84 Å².